The third-order valence-corrected chi connectivity index (χ3v) is 5.50. The smallest absolute Gasteiger partial charge is 0.251 e. The van der Waals surface area contributed by atoms with Crippen molar-refractivity contribution in [3.05, 3.63) is 70.9 Å². The van der Waals surface area contributed by atoms with Gasteiger partial charge in [-0.1, -0.05) is 30.3 Å². The van der Waals surface area contributed by atoms with Gasteiger partial charge in [0.1, 0.15) is 0 Å². The normalized spacial score (nSPS) is 13.2. The predicted octanol–water partition coefficient (Wildman–Crippen LogP) is 1.91. The van der Waals surface area contributed by atoms with Crippen molar-refractivity contribution in [2.75, 3.05) is 32.9 Å². The number of aromatic nitrogens is 1. The highest BCUT2D eigenvalue weighted by atomic mass is 16.5. The Morgan fingerprint density at radius 2 is 1.97 bits per heavy atom. The van der Waals surface area contributed by atoms with Crippen LogP contribution in [0.15, 0.2) is 48.5 Å². The maximum atomic E-state index is 13.2. The van der Waals surface area contributed by atoms with Crippen LogP contribution in [0.1, 0.15) is 32.0 Å². The Bertz CT molecular complexity index is 1080. The molecule has 1 aliphatic rings. The molecular weight excluding hydrogens is 394 g/mol. The Hall–Kier alpha value is -3.00. The lowest BCUT2D eigenvalue weighted by atomic mass is 10.0. The summed E-state index contributed by atoms with van der Waals surface area (Å²) in [7, 11) is 0. The van der Waals surface area contributed by atoms with Crippen molar-refractivity contribution in [1.82, 2.24) is 15.2 Å². The largest absolute Gasteiger partial charge is 0.394 e. The molecule has 3 aromatic rings. The van der Waals surface area contributed by atoms with E-state index in [1.165, 1.54) is 0 Å². The SMILES string of the molecule is O=C(NCCOCCO)c1ccc2c(c1)c1c(n2C(=O)Cc2ccccc2)CNCC1. The molecule has 0 saturated carbocycles. The highest BCUT2D eigenvalue weighted by Crippen LogP contribution is 2.30. The summed E-state index contributed by atoms with van der Waals surface area (Å²) < 4.78 is 6.99. The van der Waals surface area contributed by atoms with Crippen LogP contribution in [0.2, 0.25) is 0 Å². The zero-order valence-electron chi connectivity index (χ0n) is 17.4. The fourth-order valence-electron chi connectivity index (χ4n) is 4.07. The van der Waals surface area contributed by atoms with E-state index >= 15 is 0 Å². The fraction of sp³-hybridized carbons (Fsp3) is 0.333. The van der Waals surface area contributed by atoms with Crippen LogP contribution in [0.25, 0.3) is 10.9 Å². The molecular formula is C24H27N3O4. The first-order valence-electron chi connectivity index (χ1n) is 10.6. The minimum atomic E-state index is -0.180. The minimum Gasteiger partial charge on any atom is -0.394 e. The van der Waals surface area contributed by atoms with Crippen LogP contribution in [0, 0.1) is 0 Å². The van der Waals surface area contributed by atoms with Crippen LogP contribution in [0.3, 0.4) is 0 Å². The predicted molar refractivity (Wildman–Crippen MR) is 118 cm³/mol. The number of nitrogens with zero attached hydrogens (tertiary/aromatic N) is 1. The molecule has 0 fully saturated rings. The van der Waals surface area contributed by atoms with E-state index in [4.69, 9.17) is 9.84 Å². The first-order chi connectivity index (χ1) is 15.2. The van der Waals surface area contributed by atoms with Crippen molar-refractivity contribution in [3.63, 3.8) is 0 Å². The molecule has 0 saturated heterocycles. The summed E-state index contributed by atoms with van der Waals surface area (Å²) in [4.78, 5) is 25.8. The number of ether oxygens (including phenoxy) is 1. The molecule has 1 amide bonds. The van der Waals surface area contributed by atoms with Gasteiger partial charge in [0.05, 0.1) is 31.8 Å². The van der Waals surface area contributed by atoms with E-state index in [1.807, 2.05) is 47.0 Å². The highest BCUT2D eigenvalue weighted by Gasteiger charge is 2.24. The summed E-state index contributed by atoms with van der Waals surface area (Å²) in [6.45, 7) is 2.42. The van der Waals surface area contributed by atoms with E-state index < -0.39 is 0 Å². The van der Waals surface area contributed by atoms with E-state index in [0.29, 0.717) is 31.7 Å². The second kappa shape index (κ2) is 9.87. The van der Waals surface area contributed by atoms with Gasteiger partial charge in [-0.2, -0.15) is 0 Å². The van der Waals surface area contributed by atoms with Crippen molar-refractivity contribution in [2.45, 2.75) is 19.4 Å². The Morgan fingerprint density at radius 3 is 2.77 bits per heavy atom. The number of hydrogen-bond donors (Lipinski definition) is 3. The van der Waals surface area contributed by atoms with Crippen LogP contribution < -0.4 is 10.6 Å². The second-order valence-corrected chi connectivity index (χ2v) is 7.57. The van der Waals surface area contributed by atoms with Crippen molar-refractivity contribution in [2.24, 2.45) is 0 Å². The molecule has 0 spiro atoms. The highest BCUT2D eigenvalue weighted by molar-refractivity contribution is 6.02. The van der Waals surface area contributed by atoms with Crippen LogP contribution in [0.4, 0.5) is 0 Å². The summed E-state index contributed by atoms with van der Waals surface area (Å²) >= 11 is 0. The third kappa shape index (κ3) is 4.69. The lowest BCUT2D eigenvalue weighted by Crippen LogP contribution is -2.27. The molecule has 1 aromatic heterocycles. The maximum Gasteiger partial charge on any atom is 0.251 e. The molecule has 4 rings (SSSR count). The van der Waals surface area contributed by atoms with E-state index in [1.54, 1.807) is 6.07 Å². The van der Waals surface area contributed by atoms with Crippen molar-refractivity contribution < 1.29 is 19.4 Å². The molecule has 7 nitrogen and oxygen atoms in total. The van der Waals surface area contributed by atoms with Gasteiger partial charge in [-0.05, 0) is 42.3 Å². The molecule has 0 aliphatic carbocycles. The molecule has 162 valence electrons. The number of hydrogen-bond acceptors (Lipinski definition) is 5. The summed E-state index contributed by atoms with van der Waals surface area (Å²) in [5, 5.41) is 15.9. The summed E-state index contributed by atoms with van der Waals surface area (Å²) in [6.07, 6.45) is 1.14. The van der Waals surface area contributed by atoms with Crippen LogP contribution >= 0.6 is 0 Å². The van der Waals surface area contributed by atoms with Crippen molar-refractivity contribution in [3.8, 4) is 0 Å². The van der Waals surface area contributed by atoms with E-state index in [9.17, 15) is 9.59 Å². The number of benzene rings is 2. The Morgan fingerprint density at radius 1 is 1.13 bits per heavy atom. The van der Waals surface area contributed by atoms with Gasteiger partial charge < -0.3 is 20.5 Å². The second-order valence-electron chi connectivity index (χ2n) is 7.57. The molecule has 0 bridgehead atoms. The standard InChI is InChI=1S/C24H27N3O4/c28-11-13-31-12-10-26-24(30)18-6-7-21-20(15-18)19-8-9-25-16-22(19)27(21)23(29)14-17-4-2-1-3-5-17/h1-7,15,25,28H,8-14,16H2,(H,26,30). The summed E-state index contributed by atoms with van der Waals surface area (Å²) in [5.74, 6) is -0.153. The Labute approximate surface area is 181 Å². The topological polar surface area (TPSA) is 92.6 Å². The first kappa shape index (κ1) is 21.2. The van der Waals surface area contributed by atoms with Gasteiger partial charge in [-0.3, -0.25) is 14.2 Å². The molecule has 3 N–H and O–H groups in total. The zero-order chi connectivity index (χ0) is 21.6. The lowest BCUT2D eigenvalue weighted by molar-refractivity contribution is 0.0838. The van der Waals surface area contributed by atoms with Gasteiger partial charge >= 0.3 is 0 Å². The number of fused-ring (bicyclic) bond motifs is 3. The van der Waals surface area contributed by atoms with Gasteiger partial charge in [-0.15, -0.1) is 0 Å². The lowest BCUT2D eigenvalue weighted by Gasteiger charge is -2.16. The first-order valence-corrected chi connectivity index (χ1v) is 10.6. The van der Waals surface area contributed by atoms with Gasteiger partial charge in [0.2, 0.25) is 5.91 Å². The van der Waals surface area contributed by atoms with Crippen LogP contribution in [-0.2, 0) is 24.1 Å². The van der Waals surface area contributed by atoms with E-state index in [2.05, 4.69) is 10.6 Å². The quantitative estimate of drug-likeness (QED) is 0.483. The fourth-order valence-corrected chi connectivity index (χ4v) is 4.07. The van der Waals surface area contributed by atoms with E-state index in [0.717, 1.165) is 40.7 Å². The van der Waals surface area contributed by atoms with Crippen molar-refractivity contribution >= 4 is 22.7 Å². The molecule has 2 heterocycles. The number of rotatable bonds is 8. The molecule has 31 heavy (non-hydrogen) atoms. The monoisotopic (exact) mass is 421 g/mol. The van der Waals surface area contributed by atoms with E-state index in [-0.39, 0.29) is 25.0 Å². The zero-order valence-corrected chi connectivity index (χ0v) is 17.4. The molecule has 0 atom stereocenters. The molecule has 2 aromatic carbocycles. The number of carbonyl (C=O) groups is 2. The molecule has 7 heteroatoms. The van der Waals surface area contributed by atoms with Gasteiger partial charge in [0.15, 0.2) is 0 Å². The van der Waals surface area contributed by atoms with Crippen LogP contribution in [-0.4, -0.2) is 54.4 Å². The molecule has 0 unspecified atom stereocenters. The summed E-state index contributed by atoms with van der Waals surface area (Å²) in [5.41, 5.74) is 4.50. The Balaban J connectivity index is 1.61. The third-order valence-electron chi connectivity index (χ3n) is 5.50. The average molecular weight is 421 g/mol. The number of nitrogens with one attached hydrogen (secondary N) is 2. The molecule has 1 aliphatic heterocycles. The van der Waals surface area contributed by atoms with Crippen molar-refractivity contribution in [1.29, 1.82) is 0 Å². The van der Waals surface area contributed by atoms with Crippen LogP contribution in [0.5, 0.6) is 0 Å². The number of carbonyl (C=O) groups excluding carboxylic acids is 2. The maximum absolute atomic E-state index is 13.2. The minimum absolute atomic E-state index is 0.0272. The average Bonchev–Trinajstić information content (AvgIpc) is 3.13. The number of aliphatic hydroxyl groups is 1. The van der Waals surface area contributed by atoms with Gasteiger partial charge in [0, 0.05) is 29.7 Å². The van der Waals surface area contributed by atoms with Gasteiger partial charge in [0.25, 0.3) is 5.91 Å². The number of aliphatic hydroxyl groups excluding tert-OH is 1. The summed E-state index contributed by atoms with van der Waals surface area (Å²) in [6, 6.07) is 15.2. The Kier molecular flexibility index (Phi) is 6.76. The number of amides is 1. The molecule has 0 radical (unpaired) electrons. The van der Waals surface area contributed by atoms with Gasteiger partial charge in [-0.25, -0.2) is 0 Å².